The molecule has 1 aliphatic heterocycles. The van der Waals surface area contributed by atoms with E-state index in [0.29, 0.717) is 18.9 Å². The number of nitrogens with one attached hydrogen (secondary N) is 1. The molecule has 1 fully saturated rings. The summed E-state index contributed by atoms with van der Waals surface area (Å²) in [6.07, 6.45) is 1.74. The summed E-state index contributed by atoms with van der Waals surface area (Å²) in [5.74, 6) is -0.857. The summed E-state index contributed by atoms with van der Waals surface area (Å²) in [6.45, 7) is 1.31. The third kappa shape index (κ3) is 4.95. The molecule has 1 atom stereocenters. The Morgan fingerprint density at radius 3 is 2.81 bits per heavy atom. The van der Waals surface area contributed by atoms with E-state index in [4.69, 9.17) is 9.47 Å². The van der Waals surface area contributed by atoms with Gasteiger partial charge in [-0.1, -0.05) is 18.2 Å². The summed E-state index contributed by atoms with van der Waals surface area (Å²) in [6, 6.07) is 9.95. The molecule has 1 aliphatic rings. The summed E-state index contributed by atoms with van der Waals surface area (Å²) < 4.78 is 38.0. The summed E-state index contributed by atoms with van der Waals surface area (Å²) >= 11 is 0. The van der Waals surface area contributed by atoms with Gasteiger partial charge in [-0.2, -0.15) is 0 Å². The van der Waals surface area contributed by atoms with Gasteiger partial charge < -0.3 is 19.7 Å². The van der Waals surface area contributed by atoms with Gasteiger partial charge in [-0.15, -0.1) is 0 Å². The van der Waals surface area contributed by atoms with Crippen LogP contribution in [0.15, 0.2) is 42.5 Å². The highest BCUT2D eigenvalue weighted by molar-refractivity contribution is 5.89. The van der Waals surface area contributed by atoms with Crippen molar-refractivity contribution in [2.45, 2.75) is 25.5 Å². The predicted molar refractivity (Wildman–Crippen MR) is 97.8 cm³/mol. The Bertz CT molecular complexity index is 795. The number of halogens is 2. The van der Waals surface area contributed by atoms with Crippen LogP contribution in [0.4, 0.5) is 19.3 Å². The maximum Gasteiger partial charge on any atom is 0.322 e. The van der Waals surface area contributed by atoms with Gasteiger partial charge in [0.25, 0.3) is 0 Å². The van der Waals surface area contributed by atoms with E-state index in [0.717, 1.165) is 30.5 Å². The monoisotopic (exact) mass is 376 g/mol. The largest absolute Gasteiger partial charge is 0.496 e. The average molecular weight is 376 g/mol. The molecule has 7 heteroatoms. The van der Waals surface area contributed by atoms with Crippen molar-refractivity contribution >= 4 is 11.7 Å². The van der Waals surface area contributed by atoms with Crippen molar-refractivity contribution in [3.05, 3.63) is 59.7 Å². The number of benzene rings is 2. The lowest BCUT2D eigenvalue weighted by molar-refractivity contribution is 0.0817. The average Bonchev–Trinajstić information content (AvgIpc) is 3.17. The van der Waals surface area contributed by atoms with Gasteiger partial charge in [-0.05, 0) is 31.0 Å². The van der Waals surface area contributed by atoms with Crippen molar-refractivity contribution in [3.8, 4) is 5.75 Å². The number of urea groups is 1. The van der Waals surface area contributed by atoms with E-state index >= 15 is 0 Å². The molecule has 5 nitrogen and oxygen atoms in total. The molecule has 2 aromatic rings. The Morgan fingerprint density at radius 1 is 1.30 bits per heavy atom. The molecule has 0 aliphatic carbocycles. The predicted octanol–water partition coefficient (Wildman–Crippen LogP) is 4.19. The third-order valence-corrected chi connectivity index (χ3v) is 4.46. The molecule has 0 bridgehead atoms. The zero-order chi connectivity index (χ0) is 19.2. The van der Waals surface area contributed by atoms with Gasteiger partial charge in [0.05, 0.1) is 25.4 Å². The van der Waals surface area contributed by atoms with Crippen molar-refractivity contribution in [1.82, 2.24) is 4.90 Å². The molecule has 3 rings (SSSR count). The number of ether oxygens (including phenoxy) is 2. The molecule has 0 saturated carbocycles. The van der Waals surface area contributed by atoms with Gasteiger partial charge in [0.15, 0.2) is 0 Å². The van der Waals surface area contributed by atoms with Crippen molar-refractivity contribution in [2.75, 3.05) is 25.6 Å². The number of amides is 2. The first-order valence-electron chi connectivity index (χ1n) is 8.81. The number of methoxy groups -OCH3 is 1. The van der Waals surface area contributed by atoms with E-state index < -0.39 is 17.7 Å². The number of rotatable bonds is 6. The molecule has 1 N–H and O–H groups in total. The van der Waals surface area contributed by atoms with Crippen LogP contribution in [-0.2, 0) is 11.3 Å². The quantitative estimate of drug-likeness (QED) is 0.823. The highest BCUT2D eigenvalue weighted by Crippen LogP contribution is 2.22. The molecule has 2 aromatic carbocycles. The number of anilines is 1. The van der Waals surface area contributed by atoms with Gasteiger partial charge in [-0.3, -0.25) is 0 Å². The Hall–Kier alpha value is -2.67. The number of carbonyl (C=O) groups excluding carboxylic acids is 1. The van der Waals surface area contributed by atoms with E-state index in [-0.39, 0.29) is 18.3 Å². The first-order valence-corrected chi connectivity index (χ1v) is 8.81. The number of para-hydroxylation sites is 1. The normalized spacial score (nSPS) is 16.2. The third-order valence-electron chi connectivity index (χ3n) is 4.46. The standard InChI is InChI=1S/C20H22F2N2O3/c1-26-19-7-3-2-5-14(19)12-24(13-16-6-4-10-27-16)20(25)23-18-9-8-15(21)11-17(18)22/h2-3,5,7-9,11,16H,4,6,10,12-13H2,1H3,(H,23,25). The van der Waals surface area contributed by atoms with Gasteiger partial charge in [0.1, 0.15) is 17.4 Å². The maximum atomic E-state index is 13.9. The second kappa shape index (κ2) is 8.81. The molecular formula is C20H22F2N2O3. The molecule has 0 aromatic heterocycles. The van der Waals surface area contributed by atoms with E-state index in [1.54, 1.807) is 12.0 Å². The molecule has 1 saturated heterocycles. The first-order chi connectivity index (χ1) is 13.1. The van der Waals surface area contributed by atoms with Gasteiger partial charge >= 0.3 is 6.03 Å². The smallest absolute Gasteiger partial charge is 0.322 e. The fourth-order valence-corrected chi connectivity index (χ4v) is 3.08. The second-order valence-corrected chi connectivity index (χ2v) is 6.38. The van der Waals surface area contributed by atoms with Crippen LogP contribution in [-0.4, -0.2) is 37.3 Å². The first kappa shape index (κ1) is 19.1. The lowest BCUT2D eigenvalue weighted by atomic mass is 10.1. The number of nitrogens with zero attached hydrogens (tertiary/aromatic N) is 1. The minimum Gasteiger partial charge on any atom is -0.496 e. The Labute approximate surface area is 156 Å². The zero-order valence-electron chi connectivity index (χ0n) is 15.1. The minimum atomic E-state index is -0.822. The van der Waals surface area contributed by atoms with Crippen LogP contribution >= 0.6 is 0 Å². The number of carbonyl (C=O) groups is 1. The SMILES string of the molecule is COc1ccccc1CN(CC1CCCO1)C(=O)Nc1ccc(F)cc1F. The summed E-state index contributed by atoms with van der Waals surface area (Å²) in [5.41, 5.74) is 0.756. The highest BCUT2D eigenvalue weighted by atomic mass is 19.1. The summed E-state index contributed by atoms with van der Waals surface area (Å²) in [7, 11) is 1.57. The second-order valence-electron chi connectivity index (χ2n) is 6.38. The Kier molecular flexibility index (Phi) is 6.24. The maximum absolute atomic E-state index is 13.9. The lowest BCUT2D eigenvalue weighted by Gasteiger charge is -2.26. The van der Waals surface area contributed by atoms with Crippen molar-refractivity contribution in [1.29, 1.82) is 0 Å². The van der Waals surface area contributed by atoms with Crippen molar-refractivity contribution in [3.63, 3.8) is 0 Å². The van der Waals surface area contributed by atoms with E-state index in [1.807, 2.05) is 24.3 Å². The van der Waals surface area contributed by atoms with Crippen LogP contribution in [0.25, 0.3) is 0 Å². The zero-order valence-corrected chi connectivity index (χ0v) is 15.1. The van der Waals surface area contributed by atoms with Crippen LogP contribution in [0.5, 0.6) is 5.75 Å². The van der Waals surface area contributed by atoms with Crippen LogP contribution in [0.1, 0.15) is 18.4 Å². The Morgan fingerprint density at radius 2 is 2.11 bits per heavy atom. The molecule has 1 heterocycles. The molecule has 2 amide bonds. The number of hydrogen-bond donors (Lipinski definition) is 1. The van der Waals surface area contributed by atoms with Gasteiger partial charge in [-0.25, -0.2) is 13.6 Å². The molecule has 1 unspecified atom stereocenters. The summed E-state index contributed by atoms with van der Waals surface area (Å²) in [4.78, 5) is 14.4. The Balaban J connectivity index is 1.78. The van der Waals surface area contributed by atoms with Crippen LogP contribution in [0.2, 0.25) is 0 Å². The van der Waals surface area contributed by atoms with Crippen LogP contribution in [0, 0.1) is 11.6 Å². The van der Waals surface area contributed by atoms with Gasteiger partial charge in [0.2, 0.25) is 0 Å². The van der Waals surface area contributed by atoms with Crippen LogP contribution in [0.3, 0.4) is 0 Å². The van der Waals surface area contributed by atoms with Gasteiger partial charge in [0, 0.05) is 24.8 Å². The van der Waals surface area contributed by atoms with E-state index in [2.05, 4.69) is 5.32 Å². The molecule has 0 radical (unpaired) electrons. The minimum absolute atomic E-state index is 0.0662. The fourth-order valence-electron chi connectivity index (χ4n) is 3.08. The van der Waals surface area contributed by atoms with E-state index in [1.165, 1.54) is 6.07 Å². The van der Waals surface area contributed by atoms with Crippen molar-refractivity contribution < 1.29 is 23.0 Å². The van der Waals surface area contributed by atoms with Crippen molar-refractivity contribution in [2.24, 2.45) is 0 Å². The molecule has 0 spiro atoms. The number of hydrogen-bond acceptors (Lipinski definition) is 3. The highest BCUT2D eigenvalue weighted by Gasteiger charge is 2.24. The molecular weight excluding hydrogens is 354 g/mol. The lowest BCUT2D eigenvalue weighted by Crippen LogP contribution is -2.39. The summed E-state index contributed by atoms with van der Waals surface area (Å²) in [5, 5.41) is 2.52. The van der Waals surface area contributed by atoms with Crippen LogP contribution < -0.4 is 10.1 Å². The van der Waals surface area contributed by atoms with E-state index in [9.17, 15) is 13.6 Å². The molecule has 27 heavy (non-hydrogen) atoms. The topological polar surface area (TPSA) is 50.8 Å². The molecule has 144 valence electrons. The fraction of sp³-hybridized carbons (Fsp3) is 0.350.